The molecule has 1 aromatic heterocycles. The number of carbonyl (C=O) groups excluding carboxylic acids is 1. The molecule has 0 fully saturated rings. The summed E-state index contributed by atoms with van der Waals surface area (Å²) in [7, 11) is 3.13. The standard InChI is InChI=1S/C29H29N3O4/c1-35-26-15-13-24(19-27(26)36-2)25-14-16-28(33)32(30-25)21-29(34)31(20-23-11-7-4-8-12-23)18-17-22-9-5-3-6-10-22/h3-16,19H,17-18,20-21H2,1-2H3. The van der Waals surface area contributed by atoms with Gasteiger partial charge in [-0.3, -0.25) is 9.59 Å². The van der Waals surface area contributed by atoms with E-state index in [1.807, 2.05) is 66.7 Å². The molecule has 0 aliphatic carbocycles. The lowest BCUT2D eigenvalue weighted by Gasteiger charge is -2.23. The lowest BCUT2D eigenvalue weighted by Crippen LogP contribution is -2.38. The Morgan fingerprint density at radius 2 is 1.50 bits per heavy atom. The first kappa shape index (κ1) is 24.7. The molecule has 0 radical (unpaired) electrons. The molecule has 0 aliphatic heterocycles. The van der Waals surface area contributed by atoms with Crippen molar-refractivity contribution in [3.63, 3.8) is 0 Å². The number of aromatic nitrogens is 2. The minimum atomic E-state index is -0.338. The summed E-state index contributed by atoms with van der Waals surface area (Å²) in [5, 5.41) is 4.48. The van der Waals surface area contributed by atoms with Gasteiger partial charge >= 0.3 is 0 Å². The third kappa shape index (κ3) is 6.18. The summed E-state index contributed by atoms with van der Waals surface area (Å²) in [4.78, 5) is 27.8. The molecular formula is C29H29N3O4. The molecule has 3 aromatic carbocycles. The van der Waals surface area contributed by atoms with Gasteiger partial charge in [0.1, 0.15) is 6.54 Å². The fourth-order valence-electron chi connectivity index (χ4n) is 3.94. The molecule has 1 amide bonds. The van der Waals surface area contributed by atoms with Gasteiger partial charge in [-0.15, -0.1) is 0 Å². The summed E-state index contributed by atoms with van der Waals surface area (Å²) in [6, 6.07) is 28.3. The van der Waals surface area contributed by atoms with Crippen LogP contribution in [-0.2, 0) is 24.3 Å². The summed E-state index contributed by atoms with van der Waals surface area (Å²) in [5.74, 6) is 0.981. The van der Waals surface area contributed by atoms with Gasteiger partial charge in [0, 0.05) is 24.7 Å². The predicted octanol–water partition coefficient (Wildman–Crippen LogP) is 4.20. The quantitative estimate of drug-likeness (QED) is 0.338. The number of hydrogen-bond donors (Lipinski definition) is 0. The van der Waals surface area contributed by atoms with E-state index in [0.29, 0.717) is 36.7 Å². The first-order chi connectivity index (χ1) is 17.6. The van der Waals surface area contributed by atoms with Gasteiger partial charge in [0.2, 0.25) is 5.91 Å². The number of methoxy groups -OCH3 is 2. The van der Waals surface area contributed by atoms with E-state index in [9.17, 15) is 9.59 Å². The Labute approximate surface area is 210 Å². The van der Waals surface area contributed by atoms with E-state index in [4.69, 9.17) is 9.47 Å². The Bertz CT molecular complexity index is 1350. The number of ether oxygens (including phenoxy) is 2. The summed E-state index contributed by atoms with van der Waals surface area (Å²) in [6.45, 7) is 0.833. The van der Waals surface area contributed by atoms with Gasteiger partial charge in [0.05, 0.1) is 19.9 Å². The monoisotopic (exact) mass is 483 g/mol. The van der Waals surface area contributed by atoms with Gasteiger partial charge in [0.15, 0.2) is 11.5 Å². The minimum absolute atomic E-state index is 0.151. The second-order valence-corrected chi connectivity index (χ2v) is 8.32. The van der Waals surface area contributed by atoms with E-state index < -0.39 is 0 Å². The van der Waals surface area contributed by atoms with Gasteiger partial charge < -0.3 is 14.4 Å². The highest BCUT2D eigenvalue weighted by Crippen LogP contribution is 2.31. The Morgan fingerprint density at radius 3 is 2.17 bits per heavy atom. The van der Waals surface area contributed by atoms with E-state index in [1.54, 1.807) is 37.3 Å². The van der Waals surface area contributed by atoms with Crippen LogP contribution in [0.1, 0.15) is 11.1 Å². The molecule has 7 nitrogen and oxygen atoms in total. The number of benzene rings is 3. The second kappa shape index (κ2) is 11.8. The topological polar surface area (TPSA) is 73.7 Å². The summed E-state index contributed by atoms with van der Waals surface area (Å²) in [5.41, 5.74) is 3.14. The molecule has 0 unspecified atom stereocenters. The Morgan fingerprint density at radius 1 is 0.833 bits per heavy atom. The van der Waals surface area contributed by atoms with Gasteiger partial charge in [-0.1, -0.05) is 60.7 Å². The van der Waals surface area contributed by atoms with Crippen LogP contribution in [0.25, 0.3) is 11.3 Å². The number of nitrogens with zero attached hydrogens (tertiary/aromatic N) is 3. The largest absolute Gasteiger partial charge is 0.493 e. The predicted molar refractivity (Wildman–Crippen MR) is 139 cm³/mol. The lowest BCUT2D eigenvalue weighted by atomic mass is 10.1. The number of hydrogen-bond acceptors (Lipinski definition) is 5. The maximum Gasteiger partial charge on any atom is 0.267 e. The highest BCUT2D eigenvalue weighted by molar-refractivity contribution is 5.76. The molecule has 0 saturated heterocycles. The van der Waals surface area contributed by atoms with Crippen LogP contribution < -0.4 is 15.0 Å². The fraction of sp³-hybridized carbons (Fsp3) is 0.207. The average Bonchev–Trinajstić information content (AvgIpc) is 2.92. The van der Waals surface area contributed by atoms with Crippen molar-refractivity contribution in [2.45, 2.75) is 19.5 Å². The molecule has 4 rings (SSSR count). The molecule has 0 atom stereocenters. The van der Waals surface area contributed by atoms with E-state index in [2.05, 4.69) is 5.10 Å². The van der Waals surface area contributed by atoms with Crippen molar-refractivity contribution in [2.24, 2.45) is 0 Å². The summed E-state index contributed by atoms with van der Waals surface area (Å²) < 4.78 is 11.9. The highest BCUT2D eigenvalue weighted by atomic mass is 16.5. The zero-order chi connectivity index (χ0) is 25.3. The zero-order valence-corrected chi connectivity index (χ0v) is 20.5. The van der Waals surface area contributed by atoms with Crippen LogP contribution in [0.4, 0.5) is 0 Å². The van der Waals surface area contributed by atoms with Crippen LogP contribution >= 0.6 is 0 Å². The maximum atomic E-state index is 13.4. The van der Waals surface area contributed by atoms with Crippen LogP contribution in [-0.4, -0.2) is 41.4 Å². The molecular weight excluding hydrogens is 454 g/mol. The van der Waals surface area contributed by atoms with Gasteiger partial charge in [-0.05, 0) is 41.8 Å². The van der Waals surface area contributed by atoms with Crippen LogP contribution in [0, 0.1) is 0 Å². The van der Waals surface area contributed by atoms with E-state index in [1.165, 1.54) is 10.7 Å². The minimum Gasteiger partial charge on any atom is -0.493 e. The molecule has 1 heterocycles. The molecule has 36 heavy (non-hydrogen) atoms. The maximum absolute atomic E-state index is 13.4. The molecule has 0 spiro atoms. The molecule has 0 aliphatic rings. The van der Waals surface area contributed by atoms with Crippen LogP contribution in [0.5, 0.6) is 11.5 Å². The molecule has 184 valence electrons. The van der Waals surface area contributed by atoms with E-state index in [-0.39, 0.29) is 18.0 Å². The first-order valence-electron chi connectivity index (χ1n) is 11.7. The molecule has 0 N–H and O–H groups in total. The highest BCUT2D eigenvalue weighted by Gasteiger charge is 2.17. The van der Waals surface area contributed by atoms with E-state index >= 15 is 0 Å². The Balaban J connectivity index is 1.56. The van der Waals surface area contributed by atoms with Crippen LogP contribution in [0.15, 0.2) is 95.8 Å². The van der Waals surface area contributed by atoms with Gasteiger partial charge in [0.25, 0.3) is 5.56 Å². The molecule has 4 aromatic rings. The number of rotatable bonds is 10. The SMILES string of the molecule is COc1ccc(-c2ccc(=O)n(CC(=O)N(CCc3ccccc3)Cc3ccccc3)n2)cc1OC. The smallest absolute Gasteiger partial charge is 0.267 e. The van der Waals surface area contributed by atoms with Crippen molar-refractivity contribution < 1.29 is 14.3 Å². The van der Waals surface area contributed by atoms with Crippen LogP contribution in [0.3, 0.4) is 0 Å². The van der Waals surface area contributed by atoms with Crippen molar-refractivity contribution >= 4 is 5.91 Å². The van der Waals surface area contributed by atoms with Crippen molar-refractivity contribution in [2.75, 3.05) is 20.8 Å². The first-order valence-corrected chi connectivity index (χ1v) is 11.7. The van der Waals surface area contributed by atoms with Crippen molar-refractivity contribution in [3.8, 4) is 22.8 Å². The van der Waals surface area contributed by atoms with Crippen molar-refractivity contribution in [3.05, 3.63) is 112 Å². The van der Waals surface area contributed by atoms with Crippen molar-refractivity contribution in [1.82, 2.24) is 14.7 Å². The molecule has 0 saturated carbocycles. The van der Waals surface area contributed by atoms with Gasteiger partial charge in [-0.25, -0.2) is 4.68 Å². The van der Waals surface area contributed by atoms with E-state index in [0.717, 1.165) is 16.7 Å². The van der Waals surface area contributed by atoms with Crippen molar-refractivity contribution in [1.29, 1.82) is 0 Å². The molecule has 7 heteroatoms. The zero-order valence-electron chi connectivity index (χ0n) is 20.5. The Hall–Kier alpha value is -4.39. The number of carbonyl (C=O) groups is 1. The summed E-state index contributed by atoms with van der Waals surface area (Å²) >= 11 is 0. The third-order valence-corrected chi connectivity index (χ3v) is 5.91. The fourth-order valence-corrected chi connectivity index (χ4v) is 3.94. The second-order valence-electron chi connectivity index (χ2n) is 8.32. The lowest BCUT2D eigenvalue weighted by molar-refractivity contribution is -0.132. The van der Waals surface area contributed by atoms with Crippen LogP contribution in [0.2, 0.25) is 0 Å². The normalized spacial score (nSPS) is 10.6. The molecule has 0 bridgehead atoms. The summed E-state index contributed by atoms with van der Waals surface area (Å²) in [6.07, 6.45) is 0.716. The Kier molecular flexibility index (Phi) is 8.13. The number of amides is 1. The third-order valence-electron chi connectivity index (χ3n) is 5.91. The van der Waals surface area contributed by atoms with Gasteiger partial charge in [-0.2, -0.15) is 5.10 Å². The average molecular weight is 484 g/mol.